The van der Waals surface area contributed by atoms with Crippen LogP contribution in [0.3, 0.4) is 0 Å². The Morgan fingerprint density at radius 1 is 1.12 bits per heavy atom. The zero-order chi connectivity index (χ0) is 11.2. The predicted molar refractivity (Wildman–Crippen MR) is 67.9 cm³/mol. The van der Waals surface area contributed by atoms with Crippen LogP contribution in [-0.4, -0.2) is 6.61 Å². The first kappa shape index (κ1) is 11.5. The molecular formula is C15H22O. The molecule has 1 nitrogen and oxygen atoms in total. The fraction of sp³-hybridized carbons (Fsp3) is 0.600. The zero-order valence-corrected chi connectivity index (χ0v) is 10.2. The van der Waals surface area contributed by atoms with Gasteiger partial charge < -0.3 is 4.74 Å². The molecule has 0 aliphatic heterocycles. The maximum atomic E-state index is 5.97. The number of aryl methyl sites for hydroxylation is 1. The van der Waals surface area contributed by atoms with Crippen molar-refractivity contribution in [2.24, 2.45) is 5.92 Å². The maximum absolute atomic E-state index is 5.97. The highest BCUT2D eigenvalue weighted by Crippen LogP contribution is 2.25. The predicted octanol–water partition coefficient (Wildman–Crippen LogP) is 4.21. The summed E-state index contributed by atoms with van der Waals surface area (Å²) in [5.41, 5.74) is 1.33. The first-order valence-corrected chi connectivity index (χ1v) is 6.61. The summed E-state index contributed by atoms with van der Waals surface area (Å²) in [5.74, 6) is 1.88. The lowest BCUT2D eigenvalue weighted by molar-refractivity contribution is 0.207. The van der Waals surface area contributed by atoms with Gasteiger partial charge in [0.05, 0.1) is 6.61 Å². The van der Waals surface area contributed by atoms with Crippen LogP contribution in [0.4, 0.5) is 0 Å². The van der Waals surface area contributed by atoms with E-state index in [-0.39, 0.29) is 0 Å². The topological polar surface area (TPSA) is 9.23 Å². The van der Waals surface area contributed by atoms with Crippen molar-refractivity contribution in [1.29, 1.82) is 0 Å². The van der Waals surface area contributed by atoms with Crippen molar-refractivity contribution in [3.63, 3.8) is 0 Å². The molecule has 1 aromatic carbocycles. The monoisotopic (exact) mass is 218 g/mol. The lowest BCUT2D eigenvalue weighted by atomic mass is 9.90. The second-order valence-corrected chi connectivity index (χ2v) is 4.78. The maximum Gasteiger partial charge on any atom is 0.122 e. The Bertz CT molecular complexity index is 313. The van der Waals surface area contributed by atoms with Crippen molar-refractivity contribution >= 4 is 0 Å². The number of hydrogen-bond acceptors (Lipinski definition) is 1. The van der Waals surface area contributed by atoms with Crippen LogP contribution in [0.1, 0.15) is 44.6 Å². The number of ether oxygens (including phenoxy) is 1. The molecule has 0 unspecified atom stereocenters. The molecule has 0 amide bonds. The van der Waals surface area contributed by atoms with Gasteiger partial charge in [-0.05, 0) is 36.8 Å². The molecule has 2 rings (SSSR count). The summed E-state index contributed by atoms with van der Waals surface area (Å²) >= 11 is 0. The van der Waals surface area contributed by atoms with Gasteiger partial charge in [0.1, 0.15) is 5.75 Å². The lowest BCUT2D eigenvalue weighted by Gasteiger charge is -2.22. The molecule has 1 fully saturated rings. The molecule has 1 aliphatic carbocycles. The van der Waals surface area contributed by atoms with E-state index in [1.54, 1.807) is 0 Å². The van der Waals surface area contributed by atoms with Gasteiger partial charge >= 0.3 is 0 Å². The normalized spacial score (nSPS) is 17.3. The molecule has 1 aliphatic rings. The molecule has 0 radical (unpaired) electrons. The van der Waals surface area contributed by atoms with E-state index in [9.17, 15) is 0 Å². The number of rotatable bonds is 4. The third-order valence-corrected chi connectivity index (χ3v) is 3.55. The van der Waals surface area contributed by atoms with Crippen molar-refractivity contribution in [3.05, 3.63) is 29.8 Å². The third-order valence-electron chi connectivity index (χ3n) is 3.55. The van der Waals surface area contributed by atoms with Crippen molar-refractivity contribution < 1.29 is 4.74 Å². The summed E-state index contributed by atoms with van der Waals surface area (Å²) in [6, 6.07) is 8.42. The number of para-hydroxylation sites is 1. The molecule has 0 aromatic heterocycles. The molecule has 88 valence electrons. The zero-order valence-electron chi connectivity index (χ0n) is 10.2. The second-order valence-electron chi connectivity index (χ2n) is 4.78. The van der Waals surface area contributed by atoms with Gasteiger partial charge in [0.2, 0.25) is 0 Å². The second kappa shape index (κ2) is 5.93. The summed E-state index contributed by atoms with van der Waals surface area (Å²) in [4.78, 5) is 0. The van der Waals surface area contributed by atoms with Gasteiger partial charge in [0.15, 0.2) is 0 Å². The minimum atomic E-state index is 0.790. The average Bonchev–Trinajstić information content (AvgIpc) is 2.38. The number of benzene rings is 1. The van der Waals surface area contributed by atoms with E-state index in [2.05, 4.69) is 31.2 Å². The van der Waals surface area contributed by atoms with Crippen LogP contribution in [0.2, 0.25) is 0 Å². The van der Waals surface area contributed by atoms with Gasteiger partial charge in [-0.25, -0.2) is 0 Å². The molecular weight excluding hydrogens is 196 g/mol. The fourth-order valence-corrected chi connectivity index (χ4v) is 2.50. The molecule has 0 saturated heterocycles. The van der Waals surface area contributed by atoms with Crippen molar-refractivity contribution in [2.75, 3.05) is 6.61 Å². The Morgan fingerprint density at radius 3 is 2.62 bits per heavy atom. The molecule has 0 atom stereocenters. The Hall–Kier alpha value is -0.980. The molecule has 0 N–H and O–H groups in total. The standard InChI is InChI=1S/C15H22O/c1-2-14-10-6-7-11-15(14)16-12-13-8-4-3-5-9-13/h6-7,10-11,13H,2-5,8-9,12H2,1H3. The van der Waals surface area contributed by atoms with Crippen LogP contribution in [0, 0.1) is 5.92 Å². The summed E-state index contributed by atoms with van der Waals surface area (Å²) in [6.07, 6.45) is 7.97. The van der Waals surface area contributed by atoms with E-state index in [1.165, 1.54) is 37.7 Å². The Kier molecular flexibility index (Phi) is 4.26. The van der Waals surface area contributed by atoms with Crippen molar-refractivity contribution in [1.82, 2.24) is 0 Å². The third kappa shape index (κ3) is 3.01. The molecule has 1 saturated carbocycles. The molecule has 0 bridgehead atoms. The Labute approximate surface area is 98.8 Å². The average molecular weight is 218 g/mol. The van der Waals surface area contributed by atoms with Gasteiger partial charge in [0, 0.05) is 0 Å². The number of hydrogen-bond donors (Lipinski definition) is 0. The molecule has 1 heteroatoms. The fourth-order valence-electron chi connectivity index (χ4n) is 2.50. The van der Waals surface area contributed by atoms with Crippen molar-refractivity contribution in [3.8, 4) is 5.75 Å². The first-order chi connectivity index (χ1) is 7.90. The van der Waals surface area contributed by atoms with Gasteiger partial charge in [-0.3, -0.25) is 0 Å². The smallest absolute Gasteiger partial charge is 0.122 e. The molecule has 16 heavy (non-hydrogen) atoms. The van der Waals surface area contributed by atoms with Crippen LogP contribution in [0.15, 0.2) is 24.3 Å². The van der Waals surface area contributed by atoms with Gasteiger partial charge in [0.25, 0.3) is 0 Å². The highest BCUT2D eigenvalue weighted by atomic mass is 16.5. The van der Waals surface area contributed by atoms with E-state index in [0.717, 1.165) is 24.7 Å². The van der Waals surface area contributed by atoms with E-state index in [4.69, 9.17) is 4.74 Å². The van der Waals surface area contributed by atoms with E-state index < -0.39 is 0 Å². The largest absolute Gasteiger partial charge is 0.493 e. The van der Waals surface area contributed by atoms with Crippen LogP contribution in [0.5, 0.6) is 5.75 Å². The molecule has 1 aromatic rings. The summed E-state index contributed by atoms with van der Waals surface area (Å²) in [5, 5.41) is 0. The SMILES string of the molecule is CCc1ccccc1OCC1CCCCC1. The van der Waals surface area contributed by atoms with Gasteiger partial charge in [-0.2, -0.15) is 0 Å². The minimum absolute atomic E-state index is 0.790. The minimum Gasteiger partial charge on any atom is -0.493 e. The summed E-state index contributed by atoms with van der Waals surface area (Å²) < 4.78 is 5.97. The molecule has 0 spiro atoms. The van der Waals surface area contributed by atoms with E-state index in [1.807, 2.05) is 0 Å². The van der Waals surface area contributed by atoms with Crippen LogP contribution in [0.25, 0.3) is 0 Å². The highest BCUT2D eigenvalue weighted by molar-refractivity contribution is 5.33. The summed E-state index contributed by atoms with van der Waals surface area (Å²) in [6.45, 7) is 3.10. The Balaban J connectivity index is 1.88. The van der Waals surface area contributed by atoms with Crippen LogP contribution >= 0.6 is 0 Å². The lowest BCUT2D eigenvalue weighted by Crippen LogP contribution is -2.15. The quantitative estimate of drug-likeness (QED) is 0.735. The van der Waals surface area contributed by atoms with Gasteiger partial charge in [-0.1, -0.05) is 44.4 Å². The van der Waals surface area contributed by atoms with Crippen LogP contribution < -0.4 is 4.74 Å². The van der Waals surface area contributed by atoms with E-state index >= 15 is 0 Å². The van der Waals surface area contributed by atoms with Gasteiger partial charge in [-0.15, -0.1) is 0 Å². The van der Waals surface area contributed by atoms with Crippen molar-refractivity contribution in [2.45, 2.75) is 45.4 Å². The molecule has 0 heterocycles. The van der Waals surface area contributed by atoms with E-state index in [0.29, 0.717) is 0 Å². The summed E-state index contributed by atoms with van der Waals surface area (Å²) in [7, 11) is 0. The highest BCUT2D eigenvalue weighted by Gasteiger charge is 2.14. The first-order valence-electron chi connectivity index (χ1n) is 6.61. The van der Waals surface area contributed by atoms with Crippen LogP contribution in [-0.2, 0) is 6.42 Å². The Morgan fingerprint density at radius 2 is 1.88 bits per heavy atom.